The minimum absolute atomic E-state index is 0.676. The molecule has 0 unspecified atom stereocenters. The fourth-order valence-electron chi connectivity index (χ4n) is 9.33. The van der Waals surface area contributed by atoms with Crippen LogP contribution in [0.15, 0.2) is 249 Å². The van der Waals surface area contributed by atoms with Crippen LogP contribution >= 0.6 is 0 Å². The van der Waals surface area contributed by atoms with Gasteiger partial charge in [-0.1, -0.05) is 237 Å². The van der Waals surface area contributed by atoms with E-state index in [0.717, 1.165) is 77.9 Å². The number of hydrogen-bond acceptors (Lipinski definition) is 3. The van der Waals surface area contributed by atoms with Crippen LogP contribution < -0.4 is 0 Å². The molecule has 0 atom stereocenters. The van der Waals surface area contributed by atoms with E-state index in [-0.39, 0.29) is 0 Å². The molecule has 3 nitrogen and oxygen atoms in total. The van der Waals surface area contributed by atoms with Gasteiger partial charge in [-0.25, -0.2) is 15.0 Å². The third kappa shape index (κ3) is 7.29. The highest BCUT2D eigenvalue weighted by molar-refractivity contribution is 6.24. The summed E-state index contributed by atoms with van der Waals surface area (Å²) in [6.45, 7) is 0. The van der Waals surface area contributed by atoms with Crippen LogP contribution in [0.2, 0.25) is 0 Å². The number of benzene rings is 10. The largest absolute Gasteiger partial charge is 0.246 e. The van der Waals surface area contributed by atoms with E-state index in [0.29, 0.717) is 5.82 Å². The van der Waals surface area contributed by atoms with E-state index in [9.17, 15) is 0 Å². The quantitative estimate of drug-likeness (QED) is 0.143. The minimum atomic E-state index is 0.676. The van der Waals surface area contributed by atoms with Crippen molar-refractivity contribution in [2.45, 2.75) is 0 Å². The topological polar surface area (TPSA) is 38.7 Å². The monoisotopic (exact) mass is 839 g/mol. The minimum Gasteiger partial charge on any atom is -0.246 e. The molecule has 3 heteroatoms. The van der Waals surface area contributed by atoms with Gasteiger partial charge in [-0.05, 0) is 61.8 Å². The number of rotatable bonds is 8. The van der Waals surface area contributed by atoms with Crippen LogP contribution in [0.25, 0.3) is 122 Å². The van der Waals surface area contributed by atoms with Crippen molar-refractivity contribution in [3.05, 3.63) is 249 Å². The third-order valence-corrected chi connectivity index (χ3v) is 12.7. The summed E-state index contributed by atoms with van der Waals surface area (Å²) in [6, 6.07) is 88.1. The Bertz CT molecular complexity index is 3600. The zero-order valence-electron chi connectivity index (χ0n) is 36.0. The lowest BCUT2D eigenvalue weighted by atomic mass is 9.92. The molecule has 12 rings (SSSR count). The standard InChI is InChI=1S/C63H41N3/c1-4-14-42(15-5-1)44-26-32-49(33-27-44)58-41-59(50-34-28-45(29-35-50)43-16-6-2-7-17-43)65-63(64-58)51-36-30-46(31-37-51)52-21-12-22-53(40-52)61-57-39-38-48-20-10-11-23-54(48)60(57)56-25-13-24-55(62(56)66-61)47-18-8-3-9-19-47/h1-41H. The summed E-state index contributed by atoms with van der Waals surface area (Å²) < 4.78 is 0. The van der Waals surface area contributed by atoms with E-state index in [4.69, 9.17) is 15.0 Å². The molecule has 66 heavy (non-hydrogen) atoms. The van der Waals surface area contributed by atoms with Crippen LogP contribution in [0.3, 0.4) is 0 Å². The van der Waals surface area contributed by atoms with Crippen LogP contribution in [-0.4, -0.2) is 15.0 Å². The second kappa shape index (κ2) is 16.7. The molecular formula is C63H41N3. The highest BCUT2D eigenvalue weighted by Crippen LogP contribution is 2.41. The van der Waals surface area contributed by atoms with Gasteiger partial charge in [0.25, 0.3) is 0 Å². The molecule has 0 saturated heterocycles. The van der Waals surface area contributed by atoms with Crippen molar-refractivity contribution in [1.29, 1.82) is 0 Å². The summed E-state index contributed by atoms with van der Waals surface area (Å²) in [7, 11) is 0. The van der Waals surface area contributed by atoms with Crippen molar-refractivity contribution in [3.8, 4) is 89.7 Å². The molecule has 0 aliphatic heterocycles. The van der Waals surface area contributed by atoms with Crippen molar-refractivity contribution in [3.63, 3.8) is 0 Å². The Morgan fingerprint density at radius 3 is 1.32 bits per heavy atom. The maximum absolute atomic E-state index is 5.54. The summed E-state index contributed by atoms with van der Waals surface area (Å²) in [4.78, 5) is 16.0. The van der Waals surface area contributed by atoms with Gasteiger partial charge in [-0.15, -0.1) is 0 Å². The normalized spacial score (nSPS) is 11.3. The van der Waals surface area contributed by atoms with Crippen molar-refractivity contribution >= 4 is 32.4 Å². The predicted molar refractivity (Wildman–Crippen MR) is 276 cm³/mol. The SMILES string of the molecule is c1ccc(-c2ccc(-c3cc(-c4ccc(-c5ccccc5)cc4)nc(-c4ccc(-c5cccc(-c6nc7c(-c8ccccc8)cccc7c7c6ccc6ccccc67)c5)cc4)n3)cc2)cc1. The van der Waals surface area contributed by atoms with Gasteiger partial charge in [0.1, 0.15) is 0 Å². The molecule has 0 spiro atoms. The maximum Gasteiger partial charge on any atom is 0.160 e. The molecule has 0 aliphatic carbocycles. The molecule has 0 fully saturated rings. The van der Waals surface area contributed by atoms with Crippen molar-refractivity contribution in [1.82, 2.24) is 15.0 Å². The zero-order valence-corrected chi connectivity index (χ0v) is 36.0. The van der Waals surface area contributed by atoms with E-state index in [1.165, 1.54) is 38.4 Å². The van der Waals surface area contributed by atoms with Gasteiger partial charge in [0, 0.05) is 44.0 Å². The Kier molecular flexibility index (Phi) is 9.85. The summed E-state index contributed by atoms with van der Waals surface area (Å²) in [6.07, 6.45) is 0. The van der Waals surface area contributed by atoms with E-state index in [1.54, 1.807) is 0 Å². The molecule has 12 aromatic rings. The Morgan fingerprint density at radius 1 is 0.242 bits per heavy atom. The van der Waals surface area contributed by atoms with Gasteiger partial charge in [0.05, 0.1) is 22.6 Å². The predicted octanol–water partition coefficient (Wildman–Crippen LogP) is 16.7. The number of para-hydroxylation sites is 1. The van der Waals surface area contributed by atoms with Gasteiger partial charge in [0.15, 0.2) is 5.82 Å². The van der Waals surface area contributed by atoms with Crippen LogP contribution in [0.4, 0.5) is 0 Å². The molecule has 2 aromatic heterocycles. The second-order valence-electron chi connectivity index (χ2n) is 16.7. The van der Waals surface area contributed by atoms with Crippen molar-refractivity contribution in [2.24, 2.45) is 0 Å². The molecular weight excluding hydrogens is 799 g/mol. The van der Waals surface area contributed by atoms with Crippen LogP contribution in [0.5, 0.6) is 0 Å². The average molecular weight is 840 g/mol. The Morgan fingerprint density at radius 2 is 0.697 bits per heavy atom. The molecule has 2 heterocycles. The molecule has 10 aromatic carbocycles. The van der Waals surface area contributed by atoms with Crippen LogP contribution in [0.1, 0.15) is 0 Å². The fraction of sp³-hybridized carbons (Fsp3) is 0. The molecule has 0 amide bonds. The van der Waals surface area contributed by atoms with Crippen molar-refractivity contribution in [2.75, 3.05) is 0 Å². The first-order valence-electron chi connectivity index (χ1n) is 22.4. The Hall–Kier alpha value is -8.79. The lowest BCUT2D eigenvalue weighted by Gasteiger charge is -2.16. The molecule has 308 valence electrons. The Balaban J connectivity index is 0.937. The first-order chi connectivity index (χ1) is 32.7. The first-order valence-corrected chi connectivity index (χ1v) is 22.4. The molecule has 0 N–H and O–H groups in total. The van der Waals surface area contributed by atoms with E-state index in [2.05, 4.69) is 237 Å². The summed E-state index contributed by atoms with van der Waals surface area (Å²) in [5, 5.41) is 5.95. The number of nitrogens with zero attached hydrogens (tertiary/aromatic N) is 3. The van der Waals surface area contributed by atoms with E-state index in [1.807, 2.05) is 12.1 Å². The molecule has 0 bridgehead atoms. The van der Waals surface area contributed by atoms with Crippen molar-refractivity contribution < 1.29 is 0 Å². The number of pyridine rings is 1. The van der Waals surface area contributed by atoms with Crippen LogP contribution in [0, 0.1) is 0 Å². The van der Waals surface area contributed by atoms with Gasteiger partial charge >= 0.3 is 0 Å². The fourth-order valence-corrected chi connectivity index (χ4v) is 9.33. The van der Waals surface area contributed by atoms with Gasteiger partial charge < -0.3 is 0 Å². The molecule has 0 aliphatic rings. The van der Waals surface area contributed by atoms with E-state index >= 15 is 0 Å². The number of aromatic nitrogens is 3. The number of fused-ring (bicyclic) bond motifs is 5. The highest BCUT2D eigenvalue weighted by atomic mass is 14.9. The third-order valence-electron chi connectivity index (χ3n) is 12.7. The van der Waals surface area contributed by atoms with Gasteiger partial charge in [-0.2, -0.15) is 0 Å². The highest BCUT2D eigenvalue weighted by Gasteiger charge is 2.17. The van der Waals surface area contributed by atoms with Gasteiger partial charge in [-0.3, -0.25) is 0 Å². The second-order valence-corrected chi connectivity index (χ2v) is 16.7. The molecule has 0 saturated carbocycles. The van der Waals surface area contributed by atoms with Crippen LogP contribution in [-0.2, 0) is 0 Å². The van der Waals surface area contributed by atoms with Gasteiger partial charge in [0.2, 0.25) is 0 Å². The summed E-state index contributed by atoms with van der Waals surface area (Å²) in [5.74, 6) is 0.676. The first kappa shape index (κ1) is 38.9. The lowest BCUT2D eigenvalue weighted by Crippen LogP contribution is -1.96. The average Bonchev–Trinajstić information content (AvgIpc) is 3.41. The smallest absolute Gasteiger partial charge is 0.160 e. The summed E-state index contributed by atoms with van der Waals surface area (Å²) >= 11 is 0. The van der Waals surface area contributed by atoms with E-state index < -0.39 is 0 Å². The number of hydrogen-bond donors (Lipinski definition) is 0. The zero-order chi connectivity index (χ0) is 43.8. The summed E-state index contributed by atoms with van der Waals surface area (Å²) in [5.41, 5.74) is 17.0. The maximum atomic E-state index is 5.54. The molecule has 0 radical (unpaired) electrons. The lowest BCUT2D eigenvalue weighted by molar-refractivity contribution is 1.18. The Labute approximate surface area is 384 Å².